The summed E-state index contributed by atoms with van der Waals surface area (Å²) in [6.07, 6.45) is 0. The molecule has 4 heteroatoms. The maximum absolute atomic E-state index is 5.41. The predicted octanol–water partition coefficient (Wildman–Crippen LogP) is 3.68. The lowest BCUT2D eigenvalue weighted by Gasteiger charge is -2.08. The Morgan fingerprint density at radius 2 is 1.79 bits per heavy atom. The minimum atomic E-state index is 0.643. The van der Waals surface area contributed by atoms with Gasteiger partial charge in [-0.25, -0.2) is 0 Å². The third-order valence-electron chi connectivity index (χ3n) is 2.81. The zero-order chi connectivity index (χ0) is 13.5. The number of hydrogen-bond acceptors (Lipinski definition) is 3. The molecule has 3 nitrogen and oxygen atoms in total. The molecule has 0 fully saturated rings. The monoisotopic (exact) mass is 323 g/mol. The minimum Gasteiger partial charge on any atom is -0.383 e. The first-order chi connectivity index (χ1) is 9.29. The third-order valence-corrected chi connectivity index (χ3v) is 3.30. The number of halogens is 1. The van der Waals surface area contributed by atoms with Crippen LogP contribution in [0.4, 0.5) is 5.69 Å². The first-order valence-electron chi connectivity index (χ1n) is 6.29. The average Bonchev–Trinajstić information content (AvgIpc) is 2.43. The van der Waals surface area contributed by atoms with E-state index in [1.165, 1.54) is 10.8 Å². The number of benzene rings is 2. The second kappa shape index (κ2) is 7.48. The lowest BCUT2D eigenvalue weighted by Crippen LogP contribution is -2.11. The highest BCUT2D eigenvalue weighted by Crippen LogP contribution is 2.22. The van der Waals surface area contributed by atoms with Gasteiger partial charge in [0.05, 0.1) is 19.8 Å². The quantitative estimate of drug-likeness (QED) is 0.788. The van der Waals surface area contributed by atoms with Crippen molar-refractivity contribution < 1.29 is 9.47 Å². The van der Waals surface area contributed by atoms with Crippen LogP contribution in [0.1, 0.15) is 0 Å². The molecule has 2 rings (SSSR count). The van der Waals surface area contributed by atoms with Crippen LogP contribution in [-0.4, -0.2) is 33.5 Å². The van der Waals surface area contributed by atoms with Gasteiger partial charge < -0.3 is 14.8 Å². The Bertz CT molecular complexity index is 531. The Kier molecular flexibility index (Phi) is 5.63. The summed E-state index contributed by atoms with van der Waals surface area (Å²) in [4.78, 5) is 0. The van der Waals surface area contributed by atoms with E-state index >= 15 is 0 Å². The molecule has 0 saturated carbocycles. The summed E-state index contributed by atoms with van der Waals surface area (Å²) in [6, 6.07) is 12.6. The molecule has 0 aliphatic heterocycles. The molecule has 0 spiro atoms. The van der Waals surface area contributed by atoms with Gasteiger partial charge in [-0.1, -0.05) is 28.1 Å². The summed E-state index contributed by atoms with van der Waals surface area (Å²) >= 11 is 3.48. The second-order valence-electron chi connectivity index (χ2n) is 4.24. The van der Waals surface area contributed by atoms with Gasteiger partial charge in [0, 0.05) is 23.8 Å². The summed E-state index contributed by atoms with van der Waals surface area (Å²) in [5.74, 6) is 0. The van der Waals surface area contributed by atoms with E-state index in [0.29, 0.717) is 19.8 Å². The first kappa shape index (κ1) is 14.3. The van der Waals surface area contributed by atoms with E-state index in [-0.39, 0.29) is 0 Å². The minimum absolute atomic E-state index is 0.643. The molecule has 0 aliphatic rings. The van der Waals surface area contributed by atoms with Crippen molar-refractivity contribution >= 4 is 32.4 Å². The highest BCUT2D eigenvalue weighted by atomic mass is 79.9. The normalized spacial score (nSPS) is 10.8. The van der Waals surface area contributed by atoms with E-state index in [2.05, 4.69) is 57.6 Å². The molecule has 0 bridgehead atoms. The fourth-order valence-corrected chi connectivity index (χ4v) is 2.22. The van der Waals surface area contributed by atoms with Gasteiger partial charge in [0.2, 0.25) is 0 Å². The topological polar surface area (TPSA) is 30.5 Å². The molecule has 0 saturated heterocycles. The standard InChI is InChI=1S/C15H18BrNO2/c1-18-8-9-19-7-6-17-15-5-3-12-10-14(16)4-2-13(12)11-15/h2-5,10-11,17H,6-9H2,1H3. The van der Waals surface area contributed by atoms with Gasteiger partial charge in [0.1, 0.15) is 0 Å². The Morgan fingerprint density at radius 3 is 2.63 bits per heavy atom. The Balaban J connectivity index is 1.86. The van der Waals surface area contributed by atoms with E-state index in [0.717, 1.165) is 16.7 Å². The number of methoxy groups -OCH3 is 1. The summed E-state index contributed by atoms with van der Waals surface area (Å²) < 4.78 is 11.4. The number of anilines is 1. The Labute approximate surface area is 122 Å². The predicted molar refractivity (Wildman–Crippen MR) is 82.8 cm³/mol. The molecule has 0 unspecified atom stereocenters. The zero-order valence-corrected chi connectivity index (χ0v) is 12.6. The molecular weight excluding hydrogens is 306 g/mol. The number of rotatable bonds is 7. The molecule has 0 radical (unpaired) electrons. The van der Waals surface area contributed by atoms with Crippen LogP contribution in [-0.2, 0) is 9.47 Å². The maximum atomic E-state index is 5.41. The summed E-state index contributed by atoms with van der Waals surface area (Å²) in [5, 5.41) is 5.81. The van der Waals surface area contributed by atoms with Crippen molar-refractivity contribution in [3.05, 3.63) is 40.9 Å². The number of ether oxygens (including phenoxy) is 2. The van der Waals surface area contributed by atoms with Gasteiger partial charge in [0.15, 0.2) is 0 Å². The number of nitrogens with one attached hydrogen (secondary N) is 1. The molecule has 19 heavy (non-hydrogen) atoms. The SMILES string of the molecule is COCCOCCNc1ccc2cc(Br)ccc2c1. The van der Waals surface area contributed by atoms with Gasteiger partial charge in [-0.05, 0) is 35.0 Å². The van der Waals surface area contributed by atoms with Gasteiger partial charge >= 0.3 is 0 Å². The fourth-order valence-electron chi connectivity index (χ4n) is 1.84. The van der Waals surface area contributed by atoms with Crippen LogP contribution < -0.4 is 5.32 Å². The molecular formula is C15H18BrNO2. The van der Waals surface area contributed by atoms with Crippen LogP contribution >= 0.6 is 15.9 Å². The van der Waals surface area contributed by atoms with Crippen molar-refractivity contribution in [2.24, 2.45) is 0 Å². The molecule has 2 aromatic rings. The summed E-state index contributed by atoms with van der Waals surface area (Å²) in [5.41, 5.74) is 1.12. The Hall–Kier alpha value is -1.10. The molecule has 0 heterocycles. The Morgan fingerprint density at radius 1 is 1.00 bits per heavy atom. The van der Waals surface area contributed by atoms with Gasteiger partial charge in [-0.15, -0.1) is 0 Å². The number of hydrogen-bond donors (Lipinski definition) is 1. The van der Waals surface area contributed by atoms with Crippen molar-refractivity contribution in [3.63, 3.8) is 0 Å². The van der Waals surface area contributed by atoms with Crippen LogP contribution in [0.25, 0.3) is 10.8 Å². The van der Waals surface area contributed by atoms with E-state index in [1.807, 2.05) is 0 Å². The smallest absolute Gasteiger partial charge is 0.0701 e. The van der Waals surface area contributed by atoms with Crippen molar-refractivity contribution in [2.75, 3.05) is 38.8 Å². The van der Waals surface area contributed by atoms with Crippen molar-refractivity contribution in [1.29, 1.82) is 0 Å². The van der Waals surface area contributed by atoms with Crippen LogP contribution in [0.3, 0.4) is 0 Å². The highest BCUT2D eigenvalue weighted by molar-refractivity contribution is 9.10. The lowest BCUT2D eigenvalue weighted by molar-refractivity contribution is 0.0759. The largest absolute Gasteiger partial charge is 0.383 e. The van der Waals surface area contributed by atoms with Crippen molar-refractivity contribution in [3.8, 4) is 0 Å². The van der Waals surface area contributed by atoms with E-state index in [4.69, 9.17) is 9.47 Å². The molecule has 0 aliphatic carbocycles. The van der Waals surface area contributed by atoms with Crippen molar-refractivity contribution in [2.45, 2.75) is 0 Å². The summed E-state index contributed by atoms with van der Waals surface area (Å²) in [6.45, 7) is 2.77. The molecule has 1 N–H and O–H groups in total. The molecule has 0 atom stereocenters. The van der Waals surface area contributed by atoms with Gasteiger partial charge in [0.25, 0.3) is 0 Å². The van der Waals surface area contributed by atoms with E-state index in [1.54, 1.807) is 7.11 Å². The molecule has 2 aromatic carbocycles. The van der Waals surface area contributed by atoms with E-state index in [9.17, 15) is 0 Å². The molecule has 0 aromatic heterocycles. The highest BCUT2D eigenvalue weighted by Gasteiger charge is 1.97. The summed E-state index contributed by atoms with van der Waals surface area (Å²) in [7, 11) is 1.68. The third kappa shape index (κ3) is 4.49. The van der Waals surface area contributed by atoms with Crippen LogP contribution in [0, 0.1) is 0 Å². The van der Waals surface area contributed by atoms with Gasteiger partial charge in [-0.2, -0.15) is 0 Å². The van der Waals surface area contributed by atoms with Gasteiger partial charge in [-0.3, -0.25) is 0 Å². The van der Waals surface area contributed by atoms with Crippen LogP contribution in [0.2, 0.25) is 0 Å². The first-order valence-corrected chi connectivity index (χ1v) is 7.09. The number of fused-ring (bicyclic) bond motifs is 1. The van der Waals surface area contributed by atoms with Crippen LogP contribution in [0.5, 0.6) is 0 Å². The maximum Gasteiger partial charge on any atom is 0.0701 e. The van der Waals surface area contributed by atoms with Crippen molar-refractivity contribution in [1.82, 2.24) is 0 Å². The fraction of sp³-hybridized carbons (Fsp3) is 0.333. The molecule has 0 amide bonds. The second-order valence-corrected chi connectivity index (χ2v) is 5.15. The average molecular weight is 324 g/mol. The zero-order valence-electron chi connectivity index (χ0n) is 11.0. The lowest BCUT2D eigenvalue weighted by atomic mass is 10.1. The molecule has 102 valence electrons. The van der Waals surface area contributed by atoms with E-state index < -0.39 is 0 Å². The van der Waals surface area contributed by atoms with Crippen LogP contribution in [0.15, 0.2) is 40.9 Å².